The van der Waals surface area contributed by atoms with Gasteiger partial charge in [0.2, 0.25) is 0 Å². The molecule has 106 valence electrons. The van der Waals surface area contributed by atoms with Crippen LogP contribution in [0.3, 0.4) is 0 Å². The van der Waals surface area contributed by atoms with Gasteiger partial charge in [0.15, 0.2) is 6.29 Å². The van der Waals surface area contributed by atoms with Gasteiger partial charge in [0, 0.05) is 16.3 Å². The number of aromatic nitrogens is 3. The van der Waals surface area contributed by atoms with E-state index in [4.69, 9.17) is 11.6 Å². The zero-order chi connectivity index (χ0) is 14.7. The Morgan fingerprint density at radius 3 is 2.71 bits per heavy atom. The van der Waals surface area contributed by atoms with E-state index < -0.39 is 0 Å². The number of thiophene rings is 1. The Bertz CT molecular complexity index is 735. The minimum Gasteiger partial charge on any atom is -0.296 e. The van der Waals surface area contributed by atoms with E-state index in [0.29, 0.717) is 23.7 Å². The summed E-state index contributed by atoms with van der Waals surface area (Å²) < 4.78 is 1.77. The van der Waals surface area contributed by atoms with E-state index in [1.165, 1.54) is 4.88 Å². The molecule has 3 aromatic rings. The minimum absolute atomic E-state index is 0.400. The second kappa shape index (κ2) is 6.20. The number of halogens is 1. The van der Waals surface area contributed by atoms with E-state index in [1.807, 2.05) is 41.8 Å². The molecule has 0 unspecified atom stereocenters. The molecule has 0 atom stereocenters. The third kappa shape index (κ3) is 3.20. The van der Waals surface area contributed by atoms with Crippen molar-refractivity contribution in [3.05, 3.63) is 68.6 Å². The molecular formula is C15H12ClN3OS. The molecule has 4 nitrogen and oxygen atoms in total. The molecule has 0 fully saturated rings. The van der Waals surface area contributed by atoms with Gasteiger partial charge in [-0.1, -0.05) is 35.0 Å². The molecule has 3 rings (SSSR count). The van der Waals surface area contributed by atoms with Crippen molar-refractivity contribution < 1.29 is 4.79 Å². The van der Waals surface area contributed by atoms with Gasteiger partial charge in [0.25, 0.3) is 0 Å². The van der Waals surface area contributed by atoms with Gasteiger partial charge in [0.05, 0.1) is 12.2 Å². The highest BCUT2D eigenvalue weighted by Gasteiger charge is 2.13. The van der Waals surface area contributed by atoms with Gasteiger partial charge in [-0.2, -0.15) is 0 Å². The van der Waals surface area contributed by atoms with Crippen molar-refractivity contribution in [2.45, 2.75) is 13.0 Å². The van der Waals surface area contributed by atoms with Crippen LogP contribution in [0.4, 0.5) is 0 Å². The average molecular weight is 318 g/mol. The van der Waals surface area contributed by atoms with Gasteiger partial charge in [-0.15, -0.1) is 16.4 Å². The Morgan fingerprint density at radius 1 is 1.24 bits per heavy atom. The Balaban J connectivity index is 1.89. The number of benzene rings is 1. The van der Waals surface area contributed by atoms with Crippen LogP contribution in [-0.2, 0) is 13.0 Å². The van der Waals surface area contributed by atoms with Gasteiger partial charge < -0.3 is 0 Å². The smallest absolute Gasteiger partial charge is 0.172 e. The van der Waals surface area contributed by atoms with Gasteiger partial charge in [-0.25, -0.2) is 4.68 Å². The van der Waals surface area contributed by atoms with Crippen LogP contribution in [0.2, 0.25) is 5.02 Å². The lowest BCUT2D eigenvalue weighted by Gasteiger charge is -2.06. The van der Waals surface area contributed by atoms with Crippen molar-refractivity contribution in [3.63, 3.8) is 0 Å². The number of carbonyl (C=O) groups is 1. The number of carbonyl (C=O) groups excluding carboxylic acids is 1. The van der Waals surface area contributed by atoms with E-state index >= 15 is 0 Å². The SMILES string of the molecule is O=Cc1nnn(Cc2ccc(Cl)cc2)c1Cc1cccs1. The number of hydrogen-bond acceptors (Lipinski definition) is 4. The number of aldehydes is 1. The number of rotatable bonds is 5. The molecule has 2 aromatic heterocycles. The third-order valence-corrected chi connectivity index (χ3v) is 4.28. The third-order valence-electron chi connectivity index (χ3n) is 3.15. The van der Waals surface area contributed by atoms with Crippen LogP contribution >= 0.6 is 22.9 Å². The Hall–Kier alpha value is -1.98. The first kappa shape index (κ1) is 14.0. The largest absolute Gasteiger partial charge is 0.296 e. The molecule has 0 N–H and O–H groups in total. The molecule has 0 aliphatic heterocycles. The summed E-state index contributed by atoms with van der Waals surface area (Å²) >= 11 is 7.54. The Kier molecular flexibility index (Phi) is 4.13. The van der Waals surface area contributed by atoms with Crippen molar-refractivity contribution >= 4 is 29.2 Å². The maximum atomic E-state index is 11.1. The normalized spacial score (nSPS) is 10.7. The van der Waals surface area contributed by atoms with Crippen molar-refractivity contribution in [1.82, 2.24) is 15.0 Å². The van der Waals surface area contributed by atoms with E-state index in [-0.39, 0.29) is 0 Å². The second-order valence-electron chi connectivity index (χ2n) is 4.58. The highest BCUT2D eigenvalue weighted by atomic mass is 35.5. The zero-order valence-corrected chi connectivity index (χ0v) is 12.6. The highest BCUT2D eigenvalue weighted by molar-refractivity contribution is 7.09. The first-order valence-corrected chi connectivity index (χ1v) is 7.66. The molecule has 0 radical (unpaired) electrons. The topological polar surface area (TPSA) is 47.8 Å². The summed E-state index contributed by atoms with van der Waals surface area (Å²) in [4.78, 5) is 12.3. The lowest BCUT2D eigenvalue weighted by Crippen LogP contribution is -2.07. The van der Waals surface area contributed by atoms with Crippen molar-refractivity contribution in [1.29, 1.82) is 0 Å². The quantitative estimate of drug-likeness (QED) is 0.677. The molecule has 0 saturated carbocycles. The highest BCUT2D eigenvalue weighted by Crippen LogP contribution is 2.17. The molecule has 0 bridgehead atoms. The summed E-state index contributed by atoms with van der Waals surface area (Å²) in [5.41, 5.74) is 2.30. The fraction of sp³-hybridized carbons (Fsp3) is 0.133. The second-order valence-corrected chi connectivity index (χ2v) is 6.05. The van der Waals surface area contributed by atoms with Crippen LogP contribution in [0.25, 0.3) is 0 Å². The van der Waals surface area contributed by atoms with Crippen molar-refractivity contribution in [2.75, 3.05) is 0 Å². The molecule has 0 saturated heterocycles. The van der Waals surface area contributed by atoms with Gasteiger partial charge >= 0.3 is 0 Å². The molecule has 21 heavy (non-hydrogen) atoms. The van der Waals surface area contributed by atoms with Crippen LogP contribution < -0.4 is 0 Å². The lowest BCUT2D eigenvalue weighted by atomic mass is 10.2. The molecule has 0 aliphatic rings. The summed E-state index contributed by atoms with van der Waals surface area (Å²) in [5.74, 6) is 0. The standard InChI is InChI=1S/C15H12ClN3OS/c16-12-5-3-11(4-6-12)9-19-15(14(10-20)17-18-19)8-13-2-1-7-21-13/h1-7,10H,8-9H2. The van der Waals surface area contributed by atoms with Gasteiger partial charge in [0.1, 0.15) is 5.69 Å². The molecule has 6 heteroatoms. The molecule has 0 spiro atoms. The van der Waals surface area contributed by atoms with Crippen molar-refractivity contribution in [2.24, 2.45) is 0 Å². The maximum Gasteiger partial charge on any atom is 0.172 e. The Labute approximate surface area is 131 Å². The van der Waals surface area contributed by atoms with Crippen LogP contribution in [0, 0.1) is 0 Å². The number of hydrogen-bond donors (Lipinski definition) is 0. The van der Waals surface area contributed by atoms with E-state index in [1.54, 1.807) is 16.0 Å². The number of nitrogens with zero attached hydrogens (tertiary/aromatic N) is 3. The fourth-order valence-corrected chi connectivity index (χ4v) is 2.92. The van der Waals surface area contributed by atoms with Gasteiger partial charge in [-0.05, 0) is 29.1 Å². The van der Waals surface area contributed by atoms with Crippen LogP contribution in [0.1, 0.15) is 26.6 Å². The predicted molar refractivity (Wildman–Crippen MR) is 83.1 cm³/mol. The average Bonchev–Trinajstić information content (AvgIpc) is 3.13. The fourth-order valence-electron chi connectivity index (χ4n) is 2.09. The summed E-state index contributed by atoms with van der Waals surface area (Å²) in [6, 6.07) is 11.6. The minimum atomic E-state index is 0.400. The summed E-state index contributed by atoms with van der Waals surface area (Å²) in [6.07, 6.45) is 1.42. The maximum absolute atomic E-state index is 11.1. The molecular weight excluding hydrogens is 306 g/mol. The van der Waals surface area contributed by atoms with E-state index in [2.05, 4.69) is 10.3 Å². The first-order valence-electron chi connectivity index (χ1n) is 6.40. The molecule has 0 aliphatic carbocycles. The van der Waals surface area contributed by atoms with Crippen molar-refractivity contribution in [3.8, 4) is 0 Å². The summed E-state index contributed by atoms with van der Waals surface area (Å²) in [7, 11) is 0. The Morgan fingerprint density at radius 2 is 2.05 bits per heavy atom. The summed E-state index contributed by atoms with van der Waals surface area (Å²) in [5, 5.41) is 10.8. The van der Waals surface area contributed by atoms with E-state index in [0.717, 1.165) is 17.5 Å². The van der Waals surface area contributed by atoms with Gasteiger partial charge in [-0.3, -0.25) is 4.79 Å². The van der Waals surface area contributed by atoms with Crippen LogP contribution in [-0.4, -0.2) is 21.3 Å². The summed E-state index contributed by atoms with van der Waals surface area (Å²) in [6.45, 7) is 0.568. The monoisotopic (exact) mass is 317 g/mol. The van der Waals surface area contributed by atoms with E-state index in [9.17, 15) is 4.79 Å². The molecule has 1 aromatic carbocycles. The lowest BCUT2D eigenvalue weighted by molar-refractivity contribution is 0.111. The van der Waals surface area contributed by atoms with Crippen LogP contribution in [0.5, 0.6) is 0 Å². The zero-order valence-electron chi connectivity index (χ0n) is 11.1. The predicted octanol–water partition coefficient (Wildman–Crippen LogP) is 3.44. The van der Waals surface area contributed by atoms with Crippen LogP contribution in [0.15, 0.2) is 41.8 Å². The first-order chi connectivity index (χ1) is 10.3. The molecule has 2 heterocycles. The molecule has 0 amide bonds.